The second-order valence-electron chi connectivity index (χ2n) is 4.34. The predicted molar refractivity (Wildman–Crippen MR) is 67.7 cm³/mol. The van der Waals surface area contributed by atoms with Crippen LogP contribution in [-0.2, 0) is 10.0 Å². The molecule has 0 bridgehead atoms. The lowest BCUT2D eigenvalue weighted by molar-refractivity contribution is 0.578. The number of anilines is 2. The third kappa shape index (κ3) is 4.60. The van der Waals surface area contributed by atoms with Crippen LogP contribution in [0.3, 0.4) is 0 Å². The number of rotatable bonds is 5. The van der Waals surface area contributed by atoms with Crippen LogP contribution in [0, 0.1) is 11.7 Å². The van der Waals surface area contributed by atoms with Gasteiger partial charge >= 0.3 is 0 Å². The molecule has 0 radical (unpaired) electrons. The van der Waals surface area contributed by atoms with E-state index in [9.17, 15) is 12.8 Å². The van der Waals surface area contributed by atoms with Crippen LogP contribution in [0.5, 0.6) is 0 Å². The Morgan fingerprint density at radius 1 is 1.41 bits per heavy atom. The van der Waals surface area contributed by atoms with Crippen LogP contribution >= 0.6 is 0 Å². The Balaban J connectivity index is 2.73. The van der Waals surface area contributed by atoms with Crippen molar-refractivity contribution in [2.75, 3.05) is 16.2 Å². The number of nitrogens with one attached hydrogen (secondary N) is 1. The number of nitrogens with two attached hydrogens (primary N) is 1. The van der Waals surface area contributed by atoms with E-state index in [1.165, 1.54) is 12.1 Å². The molecular formula is C11H17FN2O2S. The van der Waals surface area contributed by atoms with Gasteiger partial charge in [0.25, 0.3) is 0 Å². The molecule has 0 amide bonds. The standard InChI is InChI=1S/C11H17FN2O2S/c1-8(2)5-6-17(15,16)14-9-3-4-11(13)10(12)7-9/h3-4,7-8,14H,5-6,13H2,1-2H3. The maximum absolute atomic E-state index is 13.1. The first-order valence-electron chi connectivity index (χ1n) is 5.35. The largest absolute Gasteiger partial charge is 0.396 e. The molecule has 0 aliphatic carbocycles. The Morgan fingerprint density at radius 3 is 2.59 bits per heavy atom. The summed E-state index contributed by atoms with van der Waals surface area (Å²) in [6.07, 6.45) is 0.562. The van der Waals surface area contributed by atoms with Gasteiger partial charge in [-0.05, 0) is 24.5 Å². The molecule has 1 aromatic carbocycles. The summed E-state index contributed by atoms with van der Waals surface area (Å²) < 4.78 is 38.7. The molecule has 0 saturated carbocycles. The fraction of sp³-hybridized carbons (Fsp3) is 0.455. The molecule has 96 valence electrons. The van der Waals surface area contributed by atoms with Gasteiger partial charge in [-0.15, -0.1) is 0 Å². The van der Waals surface area contributed by atoms with Gasteiger partial charge in [-0.3, -0.25) is 4.72 Å². The summed E-state index contributed by atoms with van der Waals surface area (Å²) in [5.41, 5.74) is 5.49. The second kappa shape index (κ2) is 5.35. The predicted octanol–water partition coefficient (Wildman–Crippen LogP) is 2.20. The highest BCUT2D eigenvalue weighted by atomic mass is 32.2. The number of nitrogen functional groups attached to an aromatic ring is 1. The molecule has 0 spiro atoms. The van der Waals surface area contributed by atoms with E-state index < -0.39 is 15.8 Å². The van der Waals surface area contributed by atoms with E-state index in [1.807, 2.05) is 13.8 Å². The maximum atomic E-state index is 13.1. The quantitative estimate of drug-likeness (QED) is 0.797. The van der Waals surface area contributed by atoms with Crippen LogP contribution in [0.25, 0.3) is 0 Å². The first kappa shape index (κ1) is 13.8. The lowest BCUT2D eigenvalue weighted by atomic mass is 10.2. The molecule has 6 heteroatoms. The minimum absolute atomic E-state index is 0.00451. The van der Waals surface area contributed by atoms with Crippen molar-refractivity contribution in [1.29, 1.82) is 0 Å². The monoisotopic (exact) mass is 260 g/mol. The second-order valence-corrected chi connectivity index (χ2v) is 6.18. The Kier molecular flexibility index (Phi) is 4.34. The molecule has 0 atom stereocenters. The van der Waals surface area contributed by atoms with Crippen LogP contribution in [0.15, 0.2) is 18.2 Å². The normalized spacial score (nSPS) is 11.8. The van der Waals surface area contributed by atoms with Crippen LogP contribution in [0.1, 0.15) is 20.3 Å². The highest BCUT2D eigenvalue weighted by Crippen LogP contribution is 2.17. The van der Waals surface area contributed by atoms with Crippen molar-refractivity contribution in [2.45, 2.75) is 20.3 Å². The van der Waals surface area contributed by atoms with Gasteiger partial charge in [-0.2, -0.15) is 0 Å². The van der Waals surface area contributed by atoms with E-state index in [-0.39, 0.29) is 17.1 Å². The Bertz CT molecular complexity index is 486. The summed E-state index contributed by atoms with van der Waals surface area (Å²) >= 11 is 0. The fourth-order valence-corrected chi connectivity index (χ4v) is 2.58. The van der Waals surface area contributed by atoms with Gasteiger partial charge in [0.15, 0.2) is 0 Å². The summed E-state index contributed by atoms with van der Waals surface area (Å²) in [4.78, 5) is 0. The number of sulfonamides is 1. The molecule has 0 aliphatic rings. The topological polar surface area (TPSA) is 72.2 Å². The summed E-state index contributed by atoms with van der Waals surface area (Å²) in [6.45, 7) is 3.89. The zero-order valence-corrected chi connectivity index (χ0v) is 10.7. The van der Waals surface area contributed by atoms with Crippen molar-refractivity contribution in [3.05, 3.63) is 24.0 Å². The van der Waals surface area contributed by atoms with Crippen molar-refractivity contribution >= 4 is 21.4 Å². The van der Waals surface area contributed by atoms with Crippen molar-refractivity contribution in [3.63, 3.8) is 0 Å². The van der Waals surface area contributed by atoms with Gasteiger partial charge in [0.2, 0.25) is 10.0 Å². The van der Waals surface area contributed by atoms with Gasteiger partial charge in [0, 0.05) is 6.07 Å². The van der Waals surface area contributed by atoms with E-state index in [2.05, 4.69) is 4.72 Å². The van der Waals surface area contributed by atoms with Crippen LogP contribution in [-0.4, -0.2) is 14.2 Å². The Hall–Kier alpha value is -1.30. The molecular weight excluding hydrogens is 243 g/mol. The lowest BCUT2D eigenvalue weighted by Crippen LogP contribution is -2.18. The third-order valence-electron chi connectivity index (χ3n) is 2.24. The fourth-order valence-electron chi connectivity index (χ4n) is 1.21. The minimum Gasteiger partial charge on any atom is -0.396 e. The average Bonchev–Trinajstić information content (AvgIpc) is 2.21. The number of hydrogen-bond donors (Lipinski definition) is 2. The summed E-state index contributed by atoms with van der Waals surface area (Å²) in [5, 5.41) is 0. The number of hydrogen-bond acceptors (Lipinski definition) is 3. The smallest absolute Gasteiger partial charge is 0.232 e. The van der Waals surface area contributed by atoms with E-state index in [1.54, 1.807) is 0 Å². The minimum atomic E-state index is -3.42. The average molecular weight is 260 g/mol. The molecule has 0 aliphatic heterocycles. The molecule has 4 nitrogen and oxygen atoms in total. The number of halogens is 1. The number of benzene rings is 1. The molecule has 0 aromatic heterocycles. The van der Waals surface area contributed by atoms with E-state index in [4.69, 9.17) is 5.73 Å². The highest BCUT2D eigenvalue weighted by molar-refractivity contribution is 7.92. The molecule has 0 heterocycles. The van der Waals surface area contributed by atoms with Gasteiger partial charge in [0.05, 0.1) is 17.1 Å². The van der Waals surface area contributed by atoms with E-state index >= 15 is 0 Å². The molecule has 1 rings (SSSR count). The molecule has 0 fully saturated rings. The van der Waals surface area contributed by atoms with Crippen molar-refractivity contribution in [2.24, 2.45) is 5.92 Å². The molecule has 1 aromatic rings. The van der Waals surface area contributed by atoms with Crippen LogP contribution in [0.4, 0.5) is 15.8 Å². The van der Waals surface area contributed by atoms with Crippen molar-refractivity contribution in [1.82, 2.24) is 0 Å². The maximum Gasteiger partial charge on any atom is 0.232 e. The van der Waals surface area contributed by atoms with Crippen LogP contribution < -0.4 is 10.5 Å². The summed E-state index contributed by atoms with van der Waals surface area (Å²) in [7, 11) is -3.42. The Labute approximate surface area is 101 Å². The zero-order valence-electron chi connectivity index (χ0n) is 9.90. The summed E-state index contributed by atoms with van der Waals surface area (Å²) in [6, 6.07) is 3.84. The third-order valence-corrected chi connectivity index (χ3v) is 3.56. The van der Waals surface area contributed by atoms with Gasteiger partial charge in [0.1, 0.15) is 5.82 Å². The van der Waals surface area contributed by atoms with Crippen LogP contribution in [0.2, 0.25) is 0 Å². The molecule has 17 heavy (non-hydrogen) atoms. The van der Waals surface area contributed by atoms with Gasteiger partial charge in [-0.25, -0.2) is 12.8 Å². The van der Waals surface area contributed by atoms with Gasteiger partial charge < -0.3 is 5.73 Å². The SMILES string of the molecule is CC(C)CCS(=O)(=O)Nc1ccc(N)c(F)c1. The van der Waals surface area contributed by atoms with Crippen molar-refractivity contribution in [3.8, 4) is 0 Å². The molecule has 0 unspecified atom stereocenters. The van der Waals surface area contributed by atoms with Crippen molar-refractivity contribution < 1.29 is 12.8 Å². The lowest BCUT2D eigenvalue weighted by Gasteiger charge is -2.09. The molecule has 3 N–H and O–H groups in total. The Morgan fingerprint density at radius 2 is 2.06 bits per heavy atom. The van der Waals surface area contributed by atoms with E-state index in [0.29, 0.717) is 12.3 Å². The highest BCUT2D eigenvalue weighted by Gasteiger charge is 2.12. The first-order chi connectivity index (χ1) is 7.80. The zero-order chi connectivity index (χ0) is 13.1. The summed E-state index contributed by atoms with van der Waals surface area (Å²) in [5.74, 6) is -0.305. The van der Waals surface area contributed by atoms with E-state index in [0.717, 1.165) is 6.07 Å². The molecule has 0 saturated heterocycles. The van der Waals surface area contributed by atoms with Gasteiger partial charge in [-0.1, -0.05) is 13.8 Å². The first-order valence-corrected chi connectivity index (χ1v) is 7.01.